The van der Waals surface area contributed by atoms with Gasteiger partial charge in [-0.05, 0) is 30.7 Å². The van der Waals surface area contributed by atoms with Crippen LogP contribution in [0.1, 0.15) is 47.0 Å². The van der Waals surface area contributed by atoms with Crippen molar-refractivity contribution in [3.05, 3.63) is 0 Å². The summed E-state index contributed by atoms with van der Waals surface area (Å²) in [4.78, 5) is 2.72. The minimum absolute atomic E-state index is 0.467. The fourth-order valence-electron chi connectivity index (χ4n) is 4.03. The van der Waals surface area contributed by atoms with Crippen molar-refractivity contribution in [1.29, 1.82) is 0 Å². The molecular weight excluding hydrogens is 252 g/mol. The van der Waals surface area contributed by atoms with Gasteiger partial charge in [0.2, 0.25) is 0 Å². The molecule has 2 fully saturated rings. The second kappa shape index (κ2) is 6.82. The molecule has 0 amide bonds. The molecule has 3 heteroatoms. The molecule has 1 aliphatic heterocycles. The van der Waals surface area contributed by atoms with Gasteiger partial charge in [0.15, 0.2) is 0 Å². The van der Waals surface area contributed by atoms with Crippen molar-refractivity contribution in [2.24, 2.45) is 11.3 Å². The van der Waals surface area contributed by atoms with E-state index in [0.717, 1.165) is 17.7 Å². The molecule has 0 aromatic rings. The van der Waals surface area contributed by atoms with Gasteiger partial charge in [-0.3, -0.25) is 0 Å². The van der Waals surface area contributed by atoms with Crippen molar-refractivity contribution in [1.82, 2.24) is 10.2 Å². The van der Waals surface area contributed by atoms with Crippen LogP contribution in [0.15, 0.2) is 0 Å². The molecule has 1 aliphatic carbocycles. The number of nitrogens with zero attached hydrogens (tertiary/aromatic N) is 1. The third-order valence-electron chi connectivity index (χ3n) is 4.95. The van der Waals surface area contributed by atoms with E-state index in [1.54, 1.807) is 0 Å². The first kappa shape index (κ1) is 15.7. The smallest absolute Gasteiger partial charge is 0.0159 e. The molecule has 1 N–H and O–H groups in total. The van der Waals surface area contributed by atoms with E-state index in [1.807, 2.05) is 0 Å². The van der Waals surface area contributed by atoms with Crippen molar-refractivity contribution in [2.45, 2.75) is 58.2 Å². The van der Waals surface area contributed by atoms with Gasteiger partial charge in [0.25, 0.3) is 0 Å². The minimum Gasteiger partial charge on any atom is -0.313 e. The maximum absolute atomic E-state index is 3.79. The third kappa shape index (κ3) is 4.12. The van der Waals surface area contributed by atoms with E-state index in [9.17, 15) is 0 Å². The number of rotatable bonds is 4. The summed E-state index contributed by atoms with van der Waals surface area (Å²) in [6.45, 7) is 14.6. The lowest BCUT2D eigenvalue weighted by molar-refractivity contribution is 0.0809. The first-order valence-electron chi connectivity index (χ1n) is 8.10. The Bertz CT molecular complexity index is 280. The minimum atomic E-state index is 0.467. The predicted molar refractivity (Wildman–Crippen MR) is 86.9 cm³/mol. The second-order valence-corrected chi connectivity index (χ2v) is 8.66. The Balaban J connectivity index is 1.96. The van der Waals surface area contributed by atoms with Crippen LogP contribution in [0.3, 0.4) is 0 Å². The maximum atomic E-state index is 3.79. The highest BCUT2D eigenvalue weighted by Crippen LogP contribution is 2.39. The van der Waals surface area contributed by atoms with Gasteiger partial charge >= 0.3 is 0 Å². The van der Waals surface area contributed by atoms with Gasteiger partial charge in [-0.1, -0.05) is 34.1 Å². The summed E-state index contributed by atoms with van der Waals surface area (Å²) in [5, 5.41) is 4.62. The molecule has 0 aromatic carbocycles. The molecule has 0 spiro atoms. The molecule has 2 rings (SSSR count). The monoisotopic (exact) mass is 284 g/mol. The molecule has 1 heterocycles. The molecule has 2 aliphatic rings. The summed E-state index contributed by atoms with van der Waals surface area (Å²) in [6.07, 6.45) is 4.21. The van der Waals surface area contributed by atoms with E-state index in [2.05, 4.69) is 49.7 Å². The van der Waals surface area contributed by atoms with Crippen LogP contribution in [0.2, 0.25) is 0 Å². The number of hydrogen-bond donors (Lipinski definition) is 1. The zero-order chi connectivity index (χ0) is 13.9. The lowest BCUT2D eigenvalue weighted by atomic mass is 9.67. The summed E-state index contributed by atoms with van der Waals surface area (Å²) >= 11 is 2.14. The van der Waals surface area contributed by atoms with Gasteiger partial charge in [-0.2, -0.15) is 11.8 Å². The molecule has 0 aromatic heterocycles. The summed E-state index contributed by atoms with van der Waals surface area (Å²) in [7, 11) is 0. The van der Waals surface area contributed by atoms with Gasteiger partial charge in [0.05, 0.1) is 0 Å². The number of thioether (sulfide) groups is 1. The first-order chi connectivity index (χ1) is 9.03. The van der Waals surface area contributed by atoms with Crippen LogP contribution < -0.4 is 5.32 Å². The summed E-state index contributed by atoms with van der Waals surface area (Å²) < 4.78 is 0. The van der Waals surface area contributed by atoms with Gasteiger partial charge in [0.1, 0.15) is 0 Å². The molecule has 3 unspecified atom stereocenters. The van der Waals surface area contributed by atoms with Crippen molar-refractivity contribution in [3.63, 3.8) is 0 Å². The highest BCUT2D eigenvalue weighted by atomic mass is 32.2. The molecule has 0 bridgehead atoms. The Kier molecular flexibility index (Phi) is 5.62. The zero-order valence-electron chi connectivity index (χ0n) is 13.2. The van der Waals surface area contributed by atoms with E-state index in [4.69, 9.17) is 0 Å². The highest BCUT2D eigenvalue weighted by molar-refractivity contribution is 7.99. The number of hydrogen-bond acceptors (Lipinski definition) is 3. The van der Waals surface area contributed by atoms with E-state index < -0.39 is 0 Å². The zero-order valence-corrected chi connectivity index (χ0v) is 14.1. The maximum Gasteiger partial charge on any atom is 0.0159 e. The molecule has 19 heavy (non-hydrogen) atoms. The summed E-state index contributed by atoms with van der Waals surface area (Å²) in [6, 6.07) is 0.705. The average Bonchev–Trinajstić information content (AvgIpc) is 2.33. The largest absolute Gasteiger partial charge is 0.313 e. The summed E-state index contributed by atoms with van der Waals surface area (Å²) in [5.74, 6) is 2.17. The van der Waals surface area contributed by atoms with Gasteiger partial charge in [-0.25, -0.2) is 0 Å². The fourth-order valence-corrected chi connectivity index (χ4v) is 5.11. The Morgan fingerprint density at radius 1 is 1.37 bits per heavy atom. The van der Waals surface area contributed by atoms with Gasteiger partial charge < -0.3 is 10.2 Å². The van der Waals surface area contributed by atoms with Crippen LogP contribution in [0.5, 0.6) is 0 Å². The Morgan fingerprint density at radius 2 is 2.16 bits per heavy atom. The van der Waals surface area contributed by atoms with Crippen molar-refractivity contribution in [2.75, 3.05) is 31.9 Å². The van der Waals surface area contributed by atoms with Crippen molar-refractivity contribution in [3.8, 4) is 0 Å². The van der Waals surface area contributed by atoms with Crippen LogP contribution in [0.25, 0.3) is 0 Å². The molecule has 2 nitrogen and oxygen atoms in total. The third-order valence-corrected chi connectivity index (χ3v) is 6.09. The molecule has 1 saturated carbocycles. The lowest BCUT2D eigenvalue weighted by Crippen LogP contribution is -2.53. The average molecular weight is 285 g/mol. The van der Waals surface area contributed by atoms with Crippen molar-refractivity contribution < 1.29 is 0 Å². The van der Waals surface area contributed by atoms with E-state index >= 15 is 0 Å². The SMILES string of the molecule is CCNC1C(CN2CCSC(C)C2)CCCC1(C)C. The first-order valence-corrected chi connectivity index (χ1v) is 9.15. The molecule has 112 valence electrons. The van der Waals surface area contributed by atoms with Crippen LogP contribution in [-0.2, 0) is 0 Å². The fraction of sp³-hybridized carbons (Fsp3) is 1.00. The van der Waals surface area contributed by atoms with Crippen LogP contribution in [-0.4, -0.2) is 48.1 Å². The van der Waals surface area contributed by atoms with E-state index in [0.29, 0.717) is 11.5 Å². The van der Waals surface area contributed by atoms with Crippen LogP contribution in [0.4, 0.5) is 0 Å². The van der Waals surface area contributed by atoms with E-state index in [-0.39, 0.29) is 0 Å². The number of nitrogens with one attached hydrogen (secondary N) is 1. The molecule has 3 atom stereocenters. The standard InChI is InChI=1S/C16H32N2S/c1-5-17-15-14(7-6-8-16(15,3)4)12-18-9-10-19-13(2)11-18/h13-15,17H,5-12H2,1-4H3. The predicted octanol–water partition coefficient (Wildman–Crippen LogP) is 3.23. The van der Waals surface area contributed by atoms with E-state index in [1.165, 1.54) is 44.6 Å². The quantitative estimate of drug-likeness (QED) is 0.853. The van der Waals surface area contributed by atoms with Gasteiger partial charge in [0, 0.05) is 36.7 Å². The lowest BCUT2D eigenvalue weighted by Gasteiger charge is -2.46. The normalized spacial score (nSPS) is 36.3. The molecular formula is C16H32N2S. The molecule has 0 radical (unpaired) electrons. The highest BCUT2D eigenvalue weighted by Gasteiger charge is 2.39. The van der Waals surface area contributed by atoms with Crippen LogP contribution >= 0.6 is 11.8 Å². The summed E-state index contributed by atoms with van der Waals surface area (Å²) in [5.41, 5.74) is 0.467. The van der Waals surface area contributed by atoms with Crippen LogP contribution in [0, 0.1) is 11.3 Å². The second-order valence-electron chi connectivity index (χ2n) is 7.12. The Labute approximate surface area is 124 Å². The Hall–Kier alpha value is 0.270. The topological polar surface area (TPSA) is 15.3 Å². The Morgan fingerprint density at radius 3 is 2.84 bits per heavy atom. The van der Waals surface area contributed by atoms with Gasteiger partial charge in [-0.15, -0.1) is 0 Å². The molecule has 1 saturated heterocycles. The van der Waals surface area contributed by atoms with Crippen molar-refractivity contribution >= 4 is 11.8 Å².